The molecule has 0 bridgehead atoms. The Morgan fingerprint density at radius 2 is 1.80 bits per heavy atom. The molecule has 0 aromatic heterocycles. The number of carbonyl (C=O) groups excluding carboxylic acids is 1. The Kier molecular flexibility index (Phi) is 4.87. The van der Waals surface area contributed by atoms with Gasteiger partial charge in [-0.25, -0.2) is 8.42 Å². The second-order valence-corrected chi connectivity index (χ2v) is 9.89. The quantitative estimate of drug-likeness (QED) is 0.774. The van der Waals surface area contributed by atoms with E-state index in [-0.39, 0.29) is 17.5 Å². The first-order valence-corrected chi connectivity index (χ1v) is 10.6. The van der Waals surface area contributed by atoms with Crippen LogP contribution >= 0.6 is 11.6 Å². The summed E-state index contributed by atoms with van der Waals surface area (Å²) < 4.78 is 25.6. The third-order valence-corrected chi connectivity index (χ3v) is 6.55. The lowest BCUT2D eigenvalue weighted by Crippen LogP contribution is -2.70. The van der Waals surface area contributed by atoms with Crippen LogP contribution in [0.25, 0.3) is 0 Å². The molecule has 2 fully saturated rings. The van der Waals surface area contributed by atoms with Gasteiger partial charge < -0.3 is 4.90 Å². The monoisotopic (exact) mass is 385 g/mol. The first kappa shape index (κ1) is 18.6. The number of fused-ring (bicyclic) bond motifs is 1. The Balaban J connectivity index is 1.78. The van der Waals surface area contributed by atoms with Crippen LogP contribution in [0.15, 0.2) is 24.3 Å². The van der Waals surface area contributed by atoms with Crippen molar-refractivity contribution in [3.63, 3.8) is 0 Å². The summed E-state index contributed by atoms with van der Waals surface area (Å²) in [6.07, 6.45) is 1.25. The maximum atomic E-state index is 12.8. The van der Waals surface area contributed by atoms with Crippen LogP contribution < -0.4 is 0 Å². The third kappa shape index (κ3) is 3.84. The maximum absolute atomic E-state index is 12.8. The van der Waals surface area contributed by atoms with E-state index in [9.17, 15) is 13.2 Å². The molecular weight excluding hydrogens is 362 g/mol. The molecule has 0 saturated carbocycles. The number of sulfonamides is 1. The van der Waals surface area contributed by atoms with Gasteiger partial charge in [0.1, 0.15) is 0 Å². The van der Waals surface area contributed by atoms with Crippen molar-refractivity contribution in [1.82, 2.24) is 14.1 Å². The average molecular weight is 386 g/mol. The van der Waals surface area contributed by atoms with Gasteiger partial charge in [0.2, 0.25) is 10.0 Å². The van der Waals surface area contributed by atoms with Crippen LogP contribution in [0, 0.1) is 0 Å². The van der Waals surface area contributed by atoms with Gasteiger partial charge in [-0.2, -0.15) is 4.31 Å². The summed E-state index contributed by atoms with van der Waals surface area (Å²) in [5.74, 6) is -0.0365. The molecule has 0 N–H and O–H groups in total. The molecule has 1 atom stereocenters. The highest BCUT2D eigenvalue weighted by molar-refractivity contribution is 7.88. The highest BCUT2D eigenvalue weighted by Gasteiger charge is 2.45. The standard InChI is InChI=1S/C17H24ClN3O3S/c1-17(2)12-20(25(3,23)24)11-15-10-19(8-9-21(15)17)16(22)13-4-6-14(18)7-5-13/h4-7,15H,8-12H2,1-3H3. The molecule has 0 aliphatic carbocycles. The molecule has 138 valence electrons. The fourth-order valence-electron chi connectivity index (χ4n) is 3.84. The molecule has 1 unspecified atom stereocenters. The summed E-state index contributed by atoms with van der Waals surface area (Å²) in [6.45, 7) is 6.94. The van der Waals surface area contributed by atoms with E-state index in [1.165, 1.54) is 10.6 Å². The third-order valence-electron chi connectivity index (χ3n) is 5.09. The van der Waals surface area contributed by atoms with Gasteiger partial charge in [0.05, 0.1) is 6.26 Å². The normalized spacial score (nSPS) is 24.8. The number of hydrogen-bond acceptors (Lipinski definition) is 4. The van der Waals surface area contributed by atoms with Gasteiger partial charge in [0.25, 0.3) is 5.91 Å². The lowest BCUT2D eigenvalue weighted by Gasteiger charge is -2.54. The summed E-state index contributed by atoms with van der Waals surface area (Å²) in [5.41, 5.74) is 0.356. The predicted molar refractivity (Wildman–Crippen MR) is 98.3 cm³/mol. The average Bonchev–Trinajstić information content (AvgIpc) is 2.53. The van der Waals surface area contributed by atoms with Gasteiger partial charge in [-0.1, -0.05) is 11.6 Å². The number of amides is 1. The van der Waals surface area contributed by atoms with Gasteiger partial charge in [-0.05, 0) is 38.1 Å². The van der Waals surface area contributed by atoms with Crippen molar-refractivity contribution in [3.8, 4) is 0 Å². The van der Waals surface area contributed by atoms with Crippen LogP contribution in [-0.2, 0) is 10.0 Å². The molecule has 25 heavy (non-hydrogen) atoms. The molecule has 1 aromatic rings. The molecule has 0 radical (unpaired) electrons. The van der Waals surface area contributed by atoms with Crippen LogP contribution in [0.2, 0.25) is 5.02 Å². The summed E-state index contributed by atoms with van der Waals surface area (Å²) in [7, 11) is -3.25. The zero-order chi connectivity index (χ0) is 18.4. The fourth-order valence-corrected chi connectivity index (χ4v) is 4.96. The summed E-state index contributed by atoms with van der Waals surface area (Å²) in [6, 6.07) is 6.87. The smallest absolute Gasteiger partial charge is 0.253 e. The van der Waals surface area contributed by atoms with Crippen molar-refractivity contribution >= 4 is 27.5 Å². The second kappa shape index (κ2) is 6.54. The number of rotatable bonds is 2. The topological polar surface area (TPSA) is 60.9 Å². The molecule has 2 saturated heterocycles. The van der Waals surface area contributed by atoms with Gasteiger partial charge in [-0.3, -0.25) is 9.69 Å². The number of carbonyl (C=O) groups is 1. The van der Waals surface area contributed by atoms with Gasteiger partial charge >= 0.3 is 0 Å². The Morgan fingerprint density at radius 3 is 2.40 bits per heavy atom. The van der Waals surface area contributed by atoms with Gasteiger partial charge in [-0.15, -0.1) is 0 Å². The van der Waals surface area contributed by atoms with Crippen LogP contribution in [-0.4, -0.2) is 79.0 Å². The Labute approximate surface area is 154 Å². The molecule has 3 rings (SSSR count). The number of nitrogens with zero attached hydrogens (tertiary/aromatic N) is 3. The van der Waals surface area contributed by atoms with Crippen LogP contribution in [0.4, 0.5) is 0 Å². The van der Waals surface area contributed by atoms with E-state index in [1.54, 1.807) is 24.3 Å². The molecule has 2 heterocycles. The van der Waals surface area contributed by atoms with Crippen molar-refractivity contribution in [1.29, 1.82) is 0 Å². The molecule has 2 aliphatic heterocycles. The zero-order valence-corrected chi connectivity index (χ0v) is 16.3. The van der Waals surface area contributed by atoms with Crippen molar-refractivity contribution < 1.29 is 13.2 Å². The van der Waals surface area contributed by atoms with E-state index in [4.69, 9.17) is 11.6 Å². The zero-order valence-electron chi connectivity index (χ0n) is 14.8. The molecule has 0 spiro atoms. The first-order chi connectivity index (χ1) is 11.6. The second-order valence-electron chi connectivity index (χ2n) is 7.47. The Bertz CT molecular complexity index is 764. The molecule has 2 aliphatic rings. The highest BCUT2D eigenvalue weighted by Crippen LogP contribution is 2.29. The number of benzene rings is 1. The lowest BCUT2D eigenvalue weighted by molar-refractivity contribution is -0.0372. The van der Waals surface area contributed by atoms with Gasteiger partial charge in [0.15, 0.2) is 0 Å². The van der Waals surface area contributed by atoms with E-state index in [0.717, 1.165) is 6.54 Å². The van der Waals surface area contributed by atoms with Gasteiger partial charge in [0, 0.05) is 54.9 Å². The molecular formula is C17H24ClN3O3S. The largest absolute Gasteiger partial charge is 0.336 e. The summed E-state index contributed by atoms with van der Waals surface area (Å²) >= 11 is 5.89. The Morgan fingerprint density at radius 1 is 1.16 bits per heavy atom. The van der Waals surface area contributed by atoms with Crippen LogP contribution in [0.1, 0.15) is 24.2 Å². The number of piperazine rings is 2. The SMILES string of the molecule is CC1(C)CN(S(C)(=O)=O)CC2CN(C(=O)c3ccc(Cl)cc3)CCN21. The van der Waals surface area contributed by atoms with E-state index in [0.29, 0.717) is 36.8 Å². The van der Waals surface area contributed by atoms with E-state index >= 15 is 0 Å². The fraction of sp³-hybridized carbons (Fsp3) is 0.588. The van der Waals surface area contributed by atoms with Crippen molar-refractivity contribution in [2.45, 2.75) is 25.4 Å². The molecule has 1 aromatic carbocycles. The number of halogens is 1. The van der Waals surface area contributed by atoms with Crippen molar-refractivity contribution in [3.05, 3.63) is 34.9 Å². The molecule has 1 amide bonds. The minimum Gasteiger partial charge on any atom is -0.336 e. The van der Waals surface area contributed by atoms with Crippen molar-refractivity contribution in [2.24, 2.45) is 0 Å². The van der Waals surface area contributed by atoms with Crippen LogP contribution in [0.5, 0.6) is 0 Å². The maximum Gasteiger partial charge on any atom is 0.253 e. The summed E-state index contributed by atoms with van der Waals surface area (Å²) in [4.78, 5) is 16.9. The van der Waals surface area contributed by atoms with E-state index < -0.39 is 10.0 Å². The first-order valence-electron chi connectivity index (χ1n) is 8.35. The minimum absolute atomic E-state index is 0.00322. The summed E-state index contributed by atoms with van der Waals surface area (Å²) in [5, 5.41) is 0.596. The van der Waals surface area contributed by atoms with E-state index in [2.05, 4.69) is 18.7 Å². The minimum atomic E-state index is -3.25. The predicted octanol–water partition coefficient (Wildman–Crippen LogP) is 1.52. The molecule has 6 nitrogen and oxygen atoms in total. The van der Waals surface area contributed by atoms with Crippen molar-refractivity contribution in [2.75, 3.05) is 39.0 Å². The lowest BCUT2D eigenvalue weighted by atomic mass is 9.94. The van der Waals surface area contributed by atoms with E-state index in [1.807, 2.05) is 4.90 Å². The highest BCUT2D eigenvalue weighted by atomic mass is 35.5. The number of hydrogen-bond donors (Lipinski definition) is 0. The Hall–Kier alpha value is -1.15. The van der Waals surface area contributed by atoms with Crippen LogP contribution in [0.3, 0.4) is 0 Å². The molecule has 8 heteroatoms.